The second-order valence-electron chi connectivity index (χ2n) is 9.41. The van der Waals surface area contributed by atoms with Gasteiger partial charge in [-0.05, 0) is 91.3 Å². The Hall–Kier alpha value is -3.84. The predicted octanol–water partition coefficient (Wildman–Crippen LogP) is 7.92. The Balaban J connectivity index is 1.35. The molecule has 1 heteroatoms. The minimum atomic E-state index is 0.533. The fourth-order valence-corrected chi connectivity index (χ4v) is 6.24. The highest BCUT2D eigenvalue weighted by molar-refractivity contribution is 6.11. The van der Waals surface area contributed by atoms with Gasteiger partial charge in [-0.25, -0.2) is 0 Å². The van der Waals surface area contributed by atoms with Crippen molar-refractivity contribution < 1.29 is 0 Å². The van der Waals surface area contributed by atoms with E-state index in [2.05, 4.69) is 102 Å². The van der Waals surface area contributed by atoms with Crippen molar-refractivity contribution in [3.63, 3.8) is 0 Å². The van der Waals surface area contributed by atoms with Crippen molar-refractivity contribution >= 4 is 54.5 Å². The van der Waals surface area contributed by atoms with Crippen molar-refractivity contribution in [2.75, 3.05) is 4.90 Å². The average molecular weight is 408 g/mol. The summed E-state index contributed by atoms with van der Waals surface area (Å²) in [5.74, 6) is 0. The van der Waals surface area contributed by atoms with E-state index in [0.29, 0.717) is 6.04 Å². The van der Waals surface area contributed by atoms with Crippen LogP contribution in [0.1, 0.15) is 11.1 Å². The van der Waals surface area contributed by atoms with Crippen molar-refractivity contribution in [1.82, 2.24) is 0 Å². The van der Waals surface area contributed by atoms with Gasteiger partial charge in [0, 0.05) is 17.4 Å². The smallest absolute Gasteiger partial charge is 0.0453 e. The molecule has 0 saturated heterocycles. The molecule has 2 aliphatic rings. The molecule has 0 amide bonds. The summed E-state index contributed by atoms with van der Waals surface area (Å²) >= 11 is 0. The normalized spacial score (nSPS) is 15.1. The topological polar surface area (TPSA) is 3.24 Å². The number of hydrogen-bond acceptors (Lipinski definition) is 1. The molecule has 6 aromatic carbocycles. The van der Waals surface area contributed by atoms with Gasteiger partial charge in [-0.15, -0.1) is 0 Å². The maximum absolute atomic E-state index is 2.62. The number of fused-ring (bicyclic) bond motifs is 11. The SMILES string of the molecule is c1ccc2c(c1)ccc1cc3c(cc12)CC1Cc2cc4c(ccc5ccccc54)cc2N31. The Morgan fingerprint density at radius 3 is 1.47 bits per heavy atom. The summed E-state index contributed by atoms with van der Waals surface area (Å²) in [6.45, 7) is 0. The van der Waals surface area contributed by atoms with Crippen LogP contribution in [-0.4, -0.2) is 6.04 Å². The third-order valence-electron chi connectivity index (χ3n) is 7.68. The number of hydrogen-bond donors (Lipinski definition) is 0. The fraction of sp³-hybridized carbons (Fsp3) is 0.0968. The summed E-state index contributed by atoms with van der Waals surface area (Å²) < 4.78 is 0. The summed E-state index contributed by atoms with van der Waals surface area (Å²) in [4.78, 5) is 2.62. The van der Waals surface area contributed by atoms with Crippen LogP contribution in [0.5, 0.6) is 0 Å². The van der Waals surface area contributed by atoms with E-state index in [0.717, 1.165) is 12.8 Å². The summed E-state index contributed by atoms with van der Waals surface area (Å²) in [6, 6.07) is 36.9. The third-order valence-corrected chi connectivity index (χ3v) is 7.68. The van der Waals surface area contributed by atoms with Crippen LogP contribution >= 0.6 is 0 Å². The van der Waals surface area contributed by atoms with Gasteiger partial charge in [-0.2, -0.15) is 0 Å². The van der Waals surface area contributed by atoms with Crippen molar-refractivity contribution in [2.24, 2.45) is 0 Å². The summed E-state index contributed by atoms with van der Waals surface area (Å²) in [7, 11) is 0. The van der Waals surface area contributed by atoms with E-state index in [1.807, 2.05) is 0 Å². The fourth-order valence-electron chi connectivity index (χ4n) is 6.24. The van der Waals surface area contributed by atoms with E-state index >= 15 is 0 Å². The lowest BCUT2D eigenvalue weighted by molar-refractivity contribution is 0.726. The molecule has 1 nitrogen and oxygen atoms in total. The standard InChI is InChI=1S/C31H21N/c1-3-7-26-19(5-1)9-11-21-17-30-23(15-28(21)26)13-25-14-24-16-29-22(18-31(24)32(25)30)12-10-20-6-2-4-8-27(20)29/h1-12,15-18,25H,13-14H2. The monoisotopic (exact) mass is 407 g/mol. The molecule has 150 valence electrons. The Morgan fingerprint density at radius 2 is 0.938 bits per heavy atom. The number of benzene rings is 6. The molecule has 0 aliphatic carbocycles. The largest absolute Gasteiger partial charge is 0.337 e. The van der Waals surface area contributed by atoms with E-state index in [1.54, 1.807) is 0 Å². The van der Waals surface area contributed by atoms with Gasteiger partial charge in [0.25, 0.3) is 0 Å². The quantitative estimate of drug-likeness (QED) is 0.231. The minimum absolute atomic E-state index is 0.533. The highest BCUT2D eigenvalue weighted by Crippen LogP contribution is 2.49. The lowest BCUT2D eigenvalue weighted by Crippen LogP contribution is -2.22. The van der Waals surface area contributed by atoms with E-state index < -0.39 is 0 Å². The molecule has 6 aromatic rings. The highest BCUT2D eigenvalue weighted by Gasteiger charge is 2.37. The van der Waals surface area contributed by atoms with Crippen LogP contribution in [0.25, 0.3) is 43.1 Å². The van der Waals surface area contributed by atoms with Gasteiger partial charge in [-0.1, -0.05) is 72.8 Å². The van der Waals surface area contributed by atoms with Crippen molar-refractivity contribution in [2.45, 2.75) is 18.9 Å². The van der Waals surface area contributed by atoms with Gasteiger partial charge in [0.2, 0.25) is 0 Å². The molecule has 0 spiro atoms. The van der Waals surface area contributed by atoms with Crippen molar-refractivity contribution in [1.29, 1.82) is 0 Å². The number of rotatable bonds is 0. The van der Waals surface area contributed by atoms with Gasteiger partial charge >= 0.3 is 0 Å². The molecule has 2 aliphatic heterocycles. The zero-order valence-corrected chi connectivity index (χ0v) is 17.7. The van der Waals surface area contributed by atoms with Crippen LogP contribution < -0.4 is 4.90 Å². The molecule has 0 aromatic heterocycles. The Bertz CT molecular complexity index is 1610. The first-order valence-electron chi connectivity index (χ1n) is 11.5. The Labute approximate surface area is 186 Å². The predicted molar refractivity (Wildman–Crippen MR) is 136 cm³/mol. The minimum Gasteiger partial charge on any atom is -0.337 e. The molecule has 0 fully saturated rings. The molecular formula is C31H21N. The van der Waals surface area contributed by atoms with Crippen molar-refractivity contribution in [3.05, 3.63) is 108 Å². The third kappa shape index (κ3) is 2.13. The molecular weight excluding hydrogens is 386 g/mol. The van der Waals surface area contributed by atoms with Gasteiger partial charge in [-0.3, -0.25) is 0 Å². The van der Waals surface area contributed by atoms with E-state index in [4.69, 9.17) is 0 Å². The first-order chi connectivity index (χ1) is 15.8. The second kappa shape index (κ2) is 5.89. The molecule has 32 heavy (non-hydrogen) atoms. The van der Waals surface area contributed by atoms with Gasteiger partial charge in [0.1, 0.15) is 0 Å². The first-order valence-corrected chi connectivity index (χ1v) is 11.5. The first kappa shape index (κ1) is 16.8. The van der Waals surface area contributed by atoms with Gasteiger partial charge in [0.15, 0.2) is 0 Å². The second-order valence-corrected chi connectivity index (χ2v) is 9.41. The van der Waals surface area contributed by atoms with Gasteiger partial charge in [0.05, 0.1) is 0 Å². The number of nitrogens with zero attached hydrogens (tertiary/aromatic N) is 1. The van der Waals surface area contributed by atoms with Gasteiger partial charge < -0.3 is 4.90 Å². The van der Waals surface area contributed by atoms with Crippen LogP contribution in [0.2, 0.25) is 0 Å². The average Bonchev–Trinajstić information content (AvgIpc) is 3.36. The maximum atomic E-state index is 2.62. The lowest BCUT2D eigenvalue weighted by atomic mass is 9.95. The summed E-state index contributed by atoms with van der Waals surface area (Å²) in [6.07, 6.45) is 2.25. The van der Waals surface area contributed by atoms with Crippen molar-refractivity contribution in [3.8, 4) is 0 Å². The van der Waals surface area contributed by atoms with E-state index in [9.17, 15) is 0 Å². The van der Waals surface area contributed by atoms with E-state index in [1.165, 1.54) is 65.6 Å². The Kier molecular flexibility index (Phi) is 3.09. The van der Waals surface area contributed by atoms with Crippen LogP contribution in [0.15, 0.2) is 97.1 Å². The molecule has 0 radical (unpaired) electrons. The Morgan fingerprint density at radius 1 is 0.469 bits per heavy atom. The highest BCUT2D eigenvalue weighted by atomic mass is 15.2. The molecule has 0 atom stereocenters. The molecule has 2 heterocycles. The zero-order valence-electron chi connectivity index (χ0n) is 17.7. The maximum Gasteiger partial charge on any atom is 0.0453 e. The molecule has 0 N–H and O–H groups in total. The molecule has 0 unspecified atom stereocenters. The zero-order chi connectivity index (χ0) is 20.8. The molecule has 0 bridgehead atoms. The summed E-state index contributed by atoms with van der Waals surface area (Å²) in [5, 5.41) is 10.8. The van der Waals surface area contributed by atoms with Crippen LogP contribution in [0.4, 0.5) is 11.4 Å². The molecule has 0 saturated carbocycles. The van der Waals surface area contributed by atoms with Crippen LogP contribution in [-0.2, 0) is 12.8 Å². The van der Waals surface area contributed by atoms with Crippen LogP contribution in [0, 0.1) is 0 Å². The molecule has 8 rings (SSSR count). The van der Waals surface area contributed by atoms with Crippen LogP contribution in [0.3, 0.4) is 0 Å². The number of anilines is 2. The van der Waals surface area contributed by atoms with E-state index in [-0.39, 0.29) is 0 Å². The lowest BCUT2D eigenvalue weighted by Gasteiger charge is -2.21. The summed E-state index contributed by atoms with van der Waals surface area (Å²) in [5.41, 5.74) is 5.78.